The lowest BCUT2D eigenvalue weighted by atomic mass is 10.0. The number of hydrogen-bond donors (Lipinski definition) is 0. The van der Waals surface area contributed by atoms with Gasteiger partial charge in [-0.05, 0) is 25.2 Å². The predicted molar refractivity (Wildman–Crippen MR) is 68.3 cm³/mol. The lowest BCUT2D eigenvalue weighted by molar-refractivity contribution is 0.246. The molecule has 1 unspecified atom stereocenters. The number of halogens is 1. The van der Waals surface area contributed by atoms with Gasteiger partial charge in [0.2, 0.25) is 10.0 Å². The Bertz CT molecular complexity index is 301. The summed E-state index contributed by atoms with van der Waals surface area (Å²) in [5.74, 6) is 0.980. The smallest absolute Gasteiger partial charge is 0.212 e. The molecule has 5 heteroatoms. The monoisotopic (exact) mass is 267 g/mol. The Balaban J connectivity index is 2.73. The van der Waals surface area contributed by atoms with Crippen molar-refractivity contribution in [2.45, 2.75) is 45.6 Å². The van der Waals surface area contributed by atoms with Crippen molar-refractivity contribution < 1.29 is 8.42 Å². The Labute approximate surface area is 104 Å². The van der Waals surface area contributed by atoms with Crippen LogP contribution in [0.25, 0.3) is 0 Å². The molecule has 1 aliphatic heterocycles. The summed E-state index contributed by atoms with van der Waals surface area (Å²) in [6, 6.07) is 0.134. The highest BCUT2D eigenvalue weighted by Crippen LogP contribution is 2.24. The molecule has 0 aromatic rings. The largest absolute Gasteiger partial charge is 0.214 e. The first-order valence-electron chi connectivity index (χ1n) is 6.03. The molecule has 16 heavy (non-hydrogen) atoms. The zero-order valence-corrected chi connectivity index (χ0v) is 11.7. The van der Waals surface area contributed by atoms with Crippen LogP contribution in [0, 0.1) is 5.92 Å². The third-order valence-electron chi connectivity index (χ3n) is 2.92. The Hall–Kier alpha value is 0.200. The SMILES string of the molecule is CC(C)CS(=O)(=O)N1CCCCC1CCCl. The van der Waals surface area contributed by atoms with Crippen LogP contribution >= 0.6 is 11.6 Å². The molecule has 1 atom stereocenters. The van der Waals surface area contributed by atoms with Gasteiger partial charge in [0.15, 0.2) is 0 Å². The molecule has 0 spiro atoms. The minimum atomic E-state index is -3.08. The minimum Gasteiger partial charge on any atom is -0.212 e. The molecule has 0 aliphatic carbocycles. The van der Waals surface area contributed by atoms with Gasteiger partial charge in [0, 0.05) is 18.5 Å². The van der Waals surface area contributed by atoms with E-state index in [1.807, 2.05) is 13.8 Å². The first-order valence-corrected chi connectivity index (χ1v) is 8.17. The van der Waals surface area contributed by atoms with Crippen LogP contribution in [0.3, 0.4) is 0 Å². The summed E-state index contributed by atoms with van der Waals surface area (Å²) < 4.78 is 26.0. The first-order chi connectivity index (χ1) is 7.47. The van der Waals surface area contributed by atoms with Crippen LogP contribution in [0.5, 0.6) is 0 Å². The van der Waals surface area contributed by atoms with Crippen molar-refractivity contribution in [1.29, 1.82) is 0 Å². The molecule has 3 nitrogen and oxygen atoms in total. The molecule has 0 saturated carbocycles. The first kappa shape index (κ1) is 14.3. The molecular formula is C11H22ClNO2S. The lowest BCUT2D eigenvalue weighted by Gasteiger charge is -2.34. The summed E-state index contributed by atoms with van der Waals surface area (Å²) in [5, 5.41) is 0. The van der Waals surface area contributed by atoms with Gasteiger partial charge in [0.1, 0.15) is 0 Å². The standard InChI is InChI=1S/C11H22ClNO2S/c1-10(2)9-16(14,15)13-8-4-3-5-11(13)6-7-12/h10-11H,3-9H2,1-2H3. The van der Waals surface area contributed by atoms with E-state index in [4.69, 9.17) is 11.6 Å². The van der Waals surface area contributed by atoms with E-state index in [2.05, 4.69) is 0 Å². The molecule has 0 amide bonds. The number of rotatable bonds is 5. The Morgan fingerprint density at radius 1 is 1.38 bits per heavy atom. The van der Waals surface area contributed by atoms with Crippen LogP contribution < -0.4 is 0 Å². The second kappa shape index (κ2) is 6.22. The Morgan fingerprint density at radius 2 is 2.06 bits per heavy atom. The van der Waals surface area contributed by atoms with Crippen molar-refractivity contribution in [3.05, 3.63) is 0 Å². The van der Waals surface area contributed by atoms with E-state index in [1.54, 1.807) is 4.31 Å². The topological polar surface area (TPSA) is 37.4 Å². The number of piperidine rings is 1. The zero-order valence-electron chi connectivity index (χ0n) is 10.2. The molecule has 96 valence electrons. The number of nitrogens with zero attached hydrogens (tertiary/aromatic N) is 1. The molecule has 0 N–H and O–H groups in total. The quantitative estimate of drug-likeness (QED) is 0.718. The van der Waals surface area contributed by atoms with E-state index < -0.39 is 10.0 Å². The highest BCUT2D eigenvalue weighted by atomic mass is 35.5. The van der Waals surface area contributed by atoms with E-state index in [9.17, 15) is 8.42 Å². The van der Waals surface area contributed by atoms with Crippen LogP contribution in [0.1, 0.15) is 39.5 Å². The van der Waals surface area contributed by atoms with Gasteiger partial charge in [-0.25, -0.2) is 8.42 Å². The molecule has 0 aromatic heterocycles. The second-order valence-electron chi connectivity index (χ2n) is 4.91. The average molecular weight is 268 g/mol. The maximum Gasteiger partial charge on any atom is 0.214 e. The number of hydrogen-bond acceptors (Lipinski definition) is 2. The van der Waals surface area contributed by atoms with Gasteiger partial charge in [-0.1, -0.05) is 20.3 Å². The molecule has 0 bridgehead atoms. The van der Waals surface area contributed by atoms with Gasteiger partial charge >= 0.3 is 0 Å². The summed E-state index contributed by atoms with van der Waals surface area (Å²) in [7, 11) is -3.08. The predicted octanol–water partition coefficient (Wildman–Crippen LogP) is 2.46. The van der Waals surface area contributed by atoms with E-state index in [1.165, 1.54) is 0 Å². The van der Waals surface area contributed by atoms with Crippen molar-refractivity contribution in [2.75, 3.05) is 18.2 Å². The average Bonchev–Trinajstić information content (AvgIpc) is 2.17. The zero-order chi connectivity index (χ0) is 12.2. The maximum atomic E-state index is 12.2. The number of sulfonamides is 1. The third kappa shape index (κ3) is 3.90. The minimum absolute atomic E-state index is 0.134. The normalized spacial score (nSPS) is 23.9. The lowest BCUT2D eigenvalue weighted by Crippen LogP contribution is -2.45. The summed E-state index contributed by atoms with van der Waals surface area (Å²) in [5.41, 5.74) is 0. The van der Waals surface area contributed by atoms with Crippen LogP contribution in [0.4, 0.5) is 0 Å². The van der Waals surface area contributed by atoms with Crippen molar-refractivity contribution in [3.63, 3.8) is 0 Å². The van der Waals surface area contributed by atoms with Crippen LogP contribution in [-0.2, 0) is 10.0 Å². The van der Waals surface area contributed by atoms with Crippen molar-refractivity contribution in [3.8, 4) is 0 Å². The van der Waals surface area contributed by atoms with E-state index in [-0.39, 0.29) is 17.7 Å². The van der Waals surface area contributed by atoms with Crippen molar-refractivity contribution >= 4 is 21.6 Å². The van der Waals surface area contributed by atoms with Gasteiger partial charge in [-0.2, -0.15) is 4.31 Å². The van der Waals surface area contributed by atoms with Crippen LogP contribution in [0.15, 0.2) is 0 Å². The fourth-order valence-corrected chi connectivity index (χ4v) is 4.63. The van der Waals surface area contributed by atoms with Gasteiger partial charge in [0.05, 0.1) is 5.75 Å². The third-order valence-corrected chi connectivity index (χ3v) is 5.42. The molecule has 1 aliphatic rings. The van der Waals surface area contributed by atoms with Crippen molar-refractivity contribution in [2.24, 2.45) is 5.92 Å². The van der Waals surface area contributed by atoms with E-state index >= 15 is 0 Å². The summed E-state index contributed by atoms with van der Waals surface area (Å²) in [6.07, 6.45) is 3.84. The molecule has 1 heterocycles. The number of alkyl halides is 1. The molecule has 1 fully saturated rings. The summed E-state index contributed by atoms with van der Waals surface area (Å²) in [4.78, 5) is 0. The molecule has 1 saturated heterocycles. The van der Waals surface area contributed by atoms with E-state index in [0.29, 0.717) is 12.4 Å². The molecule has 0 aromatic carbocycles. The molecular weight excluding hydrogens is 246 g/mol. The highest BCUT2D eigenvalue weighted by molar-refractivity contribution is 7.89. The van der Waals surface area contributed by atoms with Gasteiger partial charge in [0.25, 0.3) is 0 Å². The highest BCUT2D eigenvalue weighted by Gasteiger charge is 2.31. The fraction of sp³-hybridized carbons (Fsp3) is 1.00. The molecule has 1 rings (SSSR count). The fourth-order valence-electron chi connectivity index (χ4n) is 2.27. The second-order valence-corrected chi connectivity index (χ2v) is 7.25. The molecule has 0 radical (unpaired) electrons. The van der Waals surface area contributed by atoms with Crippen LogP contribution in [-0.4, -0.2) is 36.9 Å². The van der Waals surface area contributed by atoms with E-state index in [0.717, 1.165) is 25.7 Å². The van der Waals surface area contributed by atoms with Crippen LogP contribution in [0.2, 0.25) is 0 Å². The van der Waals surface area contributed by atoms with Gasteiger partial charge < -0.3 is 0 Å². The Morgan fingerprint density at radius 3 is 2.62 bits per heavy atom. The summed E-state index contributed by atoms with van der Waals surface area (Å²) in [6.45, 7) is 4.56. The Kier molecular flexibility index (Phi) is 5.54. The summed E-state index contributed by atoms with van der Waals surface area (Å²) >= 11 is 5.73. The maximum absolute atomic E-state index is 12.2. The van der Waals surface area contributed by atoms with Gasteiger partial charge in [-0.3, -0.25) is 0 Å². The van der Waals surface area contributed by atoms with Gasteiger partial charge in [-0.15, -0.1) is 11.6 Å². The van der Waals surface area contributed by atoms with Crippen molar-refractivity contribution in [1.82, 2.24) is 4.31 Å².